The van der Waals surface area contributed by atoms with Crippen molar-refractivity contribution in [2.75, 3.05) is 0 Å². The second kappa shape index (κ2) is 7.99. The first-order chi connectivity index (χ1) is 18.2. The van der Waals surface area contributed by atoms with Gasteiger partial charge < -0.3 is 4.74 Å². The summed E-state index contributed by atoms with van der Waals surface area (Å²) in [6, 6.07) is 0. The molecule has 0 N–H and O–H groups in total. The quantitative estimate of drug-likeness (QED) is 0.318. The van der Waals surface area contributed by atoms with Crippen LogP contribution in [0.4, 0.5) is 0 Å². The van der Waals surface area contributed by atoms with Gasteiger partial charge in [0.2, 0.25) is 0 Å². The molecule has 39 heavy (non-hydrogen) atoms. The highest BCUT2D eigenvalue weighted by atomic mass is 16.5. The maximum absolute atomic E-state index is 13.1. The highest BCUT2D eigenvalue weighted by molar-refractivity contribution is 6.21. The SMILES string of the molecule is CC1(C)CCC[C@]2(C)OC3CC[C@](C)(C4CC5CC[C@]6(C)C7=C(CC6[C@]5(C)C4)C(=O)C=CC7=O)[C@]3(C)CCC12. The van der Waals surface area contributed by atoms with E-state index in [0.29, 0.717) is 35.2 Å². The van der Waals surface area contributed by atoms with E-state index in [4.69, 9.17) is 4.74 Å². The number of hydrogen-bond acceptors (Lipinski definition) is 3. The molecule has 0 spiro atoms. The first-order valence-corrected chi connectivity index (χ1v) is 16.4. The van der Waals surface area contributed by atoms with Crippen LogP contribution in [-0.4, -0.2) is 23.3 Å². The Morgan fingerprint density at radius 1 is 0.744 bits per heavy atom. The Balaban J connectivity index is 1.19. The molecule has 5 fully saturated rings. The number of hydrogen-bond donors (Lipinski definition) is 0. The molecule has 0 amide bonds. The number of carbonyl (C=O) groups is 2. The van der Waals surface area contributed by atoms with Crippen LogP contribution in [0.2, 0.25) is 0 Å². The van der Waals surface area contributed by atoms with Crippen LogP contribution < -0.4 is 0 Å². The second-order valence-corrected chi connectivity index (χ2v) is 17.2. The highest BCUT2D eigenvalue weighted by Gasteiger charge is 2.68. The molecule has 0 radical (unpaired) electrons. The van der Waals surface area contributed by atoms with E-state index in [1.807, 2.05) is 0 Å². The molecule has 6 aliphatic carbocycles. The Morgan fingerprint density at radius 3 is 2.23 bits per heavy atom. The summed E-state index contributed by atoms with van der Waals surface area (Å²) in [7, 11) is 0. The number of carbonyl (C=O) groups excluding carboxylic acids is 2. The van der Waals surface area contributed by atoms with Crippen molar-refractivity contribution in [2.45, 2.75) is 137 Å². The van der Waals surface area contributed by atoms with E-state index in [9.17, 15) is 9.59 Å². The van der Waals surface area contributed by atoms with Crippen molar-refractivity contribution in [3.05, 3.63) is 23.3 Å². The Morgan fingerprint density at radius 2 is 1.46 bits per heavy atom. The van der Waals surface area contributed by atoms with Gasteiger partial charge in [-0.3, -0.25) is 9.59 Å². The molecule has 10 atom stereocenters. The Labute approximate surface area is 237 Å². The van der Waals surface area contributed by atoms with Crippen LogP contribution >= 0.6 is 0 Å². The monoisotopic (exact) mass is 532 g/mol. The van der Waals surface area contributed by atoms with E-state index in [2.05, 4.69) is 48.5 Å². The van der Waals surface area contributed by atoms with Gasteiger partial charge in [-0.2, -0.15) is 0 Å². The second-order valence-electron chi connectivity index (χ2n) is 17.2. The average Bonchev–Trinajstić information content (AvgIpc) is 3.43. The summed E-state index contributed by atoms with van der Waals surface area (Å²) >= 11 is 0. The zero-order valence-electron chi connectivity index (χ0n) is 25.8. The van der Waals surface area contributed by atoms with Gasteiger partial charge in [-0.15, -0.1) is 0 Å². The van der Waals surface area contributed by atoms with Gasteiger partial charge >= 0.3 is 0 Å². The minimum Gasteiger partial charge on any atom is -0.371 e. The molecule has 3 nitrogen and oxygen atoms in total. The lowest BCUT2D eigenvalue weighted by Gasteiger charge is -2.52. The van der Waals surface area contributed by atoms with E-state index >= 15 is 0 Å². The van der Waals surface area contributed by atoms with Crippen LogP contribution in [0.15, 0.2) is 23.3 Å². The fourth-order valence-electron chi connectivity index (χ4n) is 12.9. The van der Waals surface area contributed by atoms with Crippen LogP contribution in [0.1, 0.15) is 126 Å². The Kier molecular flexibility index (Phi) is 5.46. The lowest BCUT2D eigenvalue weighted by Crippen LogP contribution is -2.50. The molecule has 0 bridgehead atoms. The van der Waals surface area contributed by atoms with Gasteiger partial charge in [-0.05, 0) is 135 Å². The summed E-state index contributed by atoms with van der Waals surface area (Å²) in [5, 5.41) is 0. The number of ether oxygens (including phenoxy) is 1. The maximum Gasteiger partial charge on any atom is 0.182 e. The molecule has 0 aromatic heterocycles. The average molecular weight is 533 g/mol. The molecule has 0 aromatic rings. The largest absolute Gasteiger partial charge is 0.371 e. The molecule has 1 saturated heterocycles. The van der Waals surface area contributed by atoms with Gasteiger partial charge in [0.05, 0.1) is 11.7 Å². The van der Waals surface area contributed by atoms with Crippen molar-refractivity contribution in [1.82, 2.24) is 0 Å². The van der Waals surface area contributed by atoms with Crippen molar-refractivity contribution in [3.8, 4) is 0 Å². The third kappa shape index (κ3) is 3.26. The summed E-state index contributed by atoms with van der Waals surface area (Å²) in [6.45, 7) is 17.6. The maximum atomic E-state index is 13.1. The van der Waals surface area contributed by atoms with Gasteiger partial charge in [-0.25, -0.2) is 0 Å². The molecule has 7 rings (SSSR count). The molecule has 1 aliphatic heterocycles. The molecular formula is C36H52O3. The summed E-state index contributed by atoms with van der Waals surface area (Å²) in [4.78, 5) is 26.0. The Bertz CT molecular complexity index is 1190. The topological polar surface area (TPSA) is 43.4 Å². The van der Waals surface area contributed by atoms with Gasteiger partial charge in [0, 0.05) is 16.6 Å². The van der Waals surface area contributed by atoms with E-state index < -0.39 is 0 Å². The summed E-state index contributed by atoms with van der Waals surface area (Å²) in [5.74, 6) is 2.66. The highest BCUT2D eigenvalue weighted by Crippen LogP contribution is 2.74. The molecule has 7 aliphatic rings. The lowest BCUT2D eigenvalue weighted by molar-refractivity contribution is -0.177. The zero-order chi connectivity index (χ0) is 27.8. The fourth-order valence-corrected chi connectivity index (χ4v) is 12.9. The number of allylic oxidation sites excluding steroid dienone is 4. The first kappa shape index (κ1) is 26.7. The van der Waals surface area contributed by atoms with Crippen molar-refractivity contribution >= 4 is 11.6 Å². The van der Waals surface area contributed by atoms with E-state index in [1.54, 1.807) is 6.08 Å². The normalized spacial score (nSPS) is 54.1. The van der Waals surface area contributed by atoms with Crippen LogP contribution in [0.3, 0.4) is 0 Å². The third-order valence-electron chi connectivity index (χ3n) is 15.4. The van der Waals surface area contributed by atoms with Crippen molar-refractivity contribution < 1.29 is 14.3 Å². The lowest BCUT2D eigenvalue weighted by atomic mass is 9.51. The number of rotatable bonds is 1. The standard InChI is InChI=1S/C36H52O3/c1-31(2)14-8-15-36(7)27(31)12-17-35(6)29(39-36)13-18-34(35,5)23-19-22-11-16-32(3)28(33(22,4)21-23)20-24-25(37)9-10-26(38)30(24)32/h9-10,22-23,27-29H,8,11-21H2,1-7H3/t22?,23?,27?,28?,29?,32-,33+,34+,35+,36-/m0/s1. The fraction of sp³-hybridized carbons (Fsp3) is 0.833. The van der Waals surface area contributed by atoms with Crippen LogP contribution in [0.5, 0.6) is 0 Å². The predicted octanol–water partition coefficient (Wildman–Crippen LogP) is 8.41. The van der Waals surface area contributed by atoms with Crippen molar-refractivity contribution in [3.63, 3.8) is 0 Å². The molecule has 214 valence electrons. The molecule has 1 heterocycles. The zero-order valence-corrected chi connectivity index (χ0v) is 25.8. The van der Waals surface area contributed by atoms with Gasteiger partial charge in [-0.1, -0.05) is 48.0 Å². The predicted molar refractivity (Wildman–Crippen MR) is 155 cm³/mol. The summed E-state index contributed by atoms with van der Waals surface area (Å²) in [6.07, 6.45) is 18.0. The summed E-state index contributed by atoms with van der Waals surface area (Å²) < 4.78 is 7.35. The molecule has 3 heteroatoms. The minimum atomic E-state index is -0.142. The molecular weight excluding hydrogens is 480 g/mol. The summed E-state index contributed by atoms with van der Waals surface area (Å²) in [5.41, 5.74) is 2.67. The molecule has 0 aromatic carbocycles. The third-order valence-corrected chi connectivity index (χ3v) is 15.4. The smallest absolute Gasteiger partial charge is 0.182 e. The molecule has 5 unspecified atom stereocenters. The van der Waals surface area contributed by atoms with E-state index in [0.717, 1.165) is 24.0 Å². The van der Waals surface area contributed by atoms with E-state index in [-0.39, 0.29) is 38.8 Å². The first-order valence-electron chi connectivity index (χ1n) is 16.4. The van der Waals surface area contributed by atoms with Crippen molar-refractivity contribution in [2.24, 2.45) is 50.7 Å². The van der Waals surface area contributed by atoms with Crippen LogP contribution in [-0.2, 0) is 14.3 Å². The number of fused-ring (bicyclic) bond motifs is 6. The Hall–Kier alpha value is -1.22. The van der Waals surface area contributed by atoms with E-state index in [1.165, 1.54) is 70.3 Å². The minimum absolute atomic E-state index is 0.0224. The van der Waals surface area contributed by atoms with Gasteiger partial charge in [0.15, 0.2) is 11.6 Å². The van der Waals surface area contributed by atoms with Crippen LogP contribution in [0.25, 0.3) is 0 Å². The van der Waals surface area contributed by atoms with Gasteiger partial charge in [0.1, 0.15) is 0 Å². The number of ketones is 2. The van der Waals surface area contributed by atoms with Crippen LogP contribution in [0, 0.1) is 50.7 Å². The molecule has 4 saturated carbocycles. The van der Waals surface area contributed by atoms with Crippen molar-refractivity contribution in [1.29, 1.82) is 0 Å². The van der Waals surface area contributed by atoms with Gasteiger partial charge in [0.25, 0.3) is 0 Å².